The van der Waals surface area contributed by atoms with E-state index >= 15 is 0 Å². The number of hydrogen-bond acceptors (Lipinski definition) is 6. The standard InChI is InChI=1S/C12H16N4O2S/c1-3-18-11(17)5-4-9-8-19-12(13-9)14-10-6-7-16(2)15-10/h6-8H,3-5H2,1-2H3,(H,13,14,15). The Morgan fingerprint density at radius 1 is 1.58 bits per heavy atom. The van der Waals surface area contributed by atoms with E-state index < -0.39 is 0 Å². The first-order chi connectivity index (χ1) is 9.17. The minimum atomic E-state index is -0.185. The Bertz CT molecular complexity index is 549. The van der Waals surface area contributed by atoms with Gasteiger partial charge in [0.05, 0.1) is 18.7 Å². The van der Waals surface area contributed by atoms with Gasteiger partial charge in [-0.3, -0.25) is 9.48 Å². The lowest BCUT2D eigenvalue weighted by molar-refractivity contribution is -0.143. The molecule has 0 aliphatic heterocycles. The molecule has 0 aliphatic carbocycles. The Balaban J connectivity index is 1.86. The van der Waals surface area contributed by atoms with E-state index in [1.807, 2.05) is 24.7 Å². The number of thiazole rings is 1. The maximum Gasteiger partial charge on any atom is 0.306 e. The van der Waals surface area contributed by atoms with Crippen molar-refractivity contribution in [2.75, 3.05) is 11.9 Å². The lowest BCUT2D eigenvalue weighted by Crippen LogP contribution is -2.05. The normalized spacial score (nSPS) is 10.4. The average Bonchev–Trinajstić information content (AvgIpc) is 2.97. The number of hydrogen-bond donors (Lipinski definition) is 1. The van der Waals surface area contributed by atoms with Gasteiger partial charge in [-0.1, -0.05) is 0 Å². The third-order valence-electron chi connectivity index (χ3n) is 2.39. The fourth-order valence-corrected chi connectivity index (χ4v) is 2.29. The summed E-state index contributed by atoms with van der Waals surface area (Å²) < 4.78 is 6.60. The van der Waals surface area contributed by atoms with Crippen LogP contribution in [-0.2, 0) is 23.0 Å². The molecule has 0 aromatic carbocycles. The molecule has 1 N–H and O–H groups in total. The molecule has 19 heavy (non-hydrogen) atoms. The third kappa shape index (κ3) is 4.06. The summed E-state index contributed by atoms with van der Waals surface area (Å²) in [7, 11) is 1.86. The van der Waals surface area contributed by atoms with Gasteiger partial charge in [-0.25, -0.2) is 4.98 Å². The van der Waals surface area contributed by atoms with Gasteiger partial charge in [-0.15, -0.1) is 11.3 Å². The van der Waals surface area contributed by atoms with Crippen molar-refractivity contribution in [2.24, 2.45) is 7.05 Å². The van der Waals surface area contributed by atoms with Crippen LogP contribution in [0.5, 0.6) is 0 Å². The molecule has 0 amide bonds. The van der Waals surface area contributed by atoms with Crippen molar-refractivity contribution in [3.8, 4) is 0 Å². The predicted molar refractivity (Wildman–Crippen MR) is 73.6 cm³/mol. The molecule has 0 spiro atoms. The number of anilines is 2. The molecule has 0 saturated heterocycles. The Morgan fingerprint density at radius 2 is 2.42 bits per heavy atom. The molecule has 2 aromatic heterocycles. The van der Waals surface area contributed by atoms with Gasteiger partial charge in [0, 0.05) is 31.1 Å². The summed E-state index contributed by atoms with van der Waals surface area (Å²) in [6, 6.07) is 1.87. The zero-order valence-corrected chi connectivity index (χ0v) is 11.7. The number of carbonyl (C=O) groups is 1. The summed E-state index contributed by atoms with van der Waals surface area (Å²) in [6.07, 6.45) is 2.82. The second kappa shape index (κ2) is 6.33. The molecule has 2 rings (SSSR count). The van der Waals surface area contributed by atoms with E-state index in [0.717, 1.165) is 16.6 Å². The van der Waals surface area contributed by atoms with Crippen LogP contribution in [0.3, 0.4) is 0 Å². The van der Waals surface area contributed by atoms with Crippen molar-refractivity contribution in [1.82, 2.24) is 14.8 Å². The largest absolute Gasteiger partial charge is 0.466 e. The van der Waals surface area contributed by atoms with Crippen LogP contribution in [0.2, 0.25) is 0 Å². The summed E-state index contributed by atoms with van der Waals surface area (Å²) in [6.45, 7) is 2.22. The molecule has 7 heteroatoms. The molecule has 6 nitrogen and oxygen atoms in total. The van der Waals surface area contributed by atoms with Gasteiger partial charge in [-0.2, -0.15) is 5.10 Å². The Labute approximate surface area is 115 Å². The summed E-state index contributed by atoms with van der Waals surface area (Å²) >= 11 is 1.50. The van der Waals surface area contributed by atoms with E-state index in [9.17, 15) is 4.79 Å². The van der Waals surface area contributed by atoms with Crippen LogP contribution in [0.15, 0.2) is 17.6 Å². The molecule has 2 heterocycles. The minimum Gasteiger partial charge on any atom is -0.466 e. The number of nitrogens with zero attached hydrogens (tertiary/aromatic N) is 3. The zero-order valence-electron chi connectivity index (χ0n) is 10.9. The Hall–Kier alpha value is -1.89. The second-order valence-corrected chi connectivity index (χ2v) is 4.81. The molecule has 0 saturated carbocycles. The highest BCUT2D eigenvalue weighted by Gasteiger charge is 2.07. The minimum absolute atomic E-state index is 0.185. The molecule has 0 radical (unpaired) electrons. The molecule has 2 aromatic rings. The fourth-order valence-electron chi connectivity index (χ4n) is 1.53. The molecule has 0 aliphatic rings. The number of aromatic nitrogens is 3. The van der Waals surface area contributed by atoms with Gasteiger partial charge in [-0.05, 0) is 6.92 Å². The number of ether oxygens (including phenoxy) is 1. The average molecular weight is 280 g/mol. The van der Waals surface area contributed by atoms with E-state index in [4.69, 9.17) is 4.74 Å². The van der Waals surface area contributed by atoms with E-state index in [2.05, 4.69) is 15.4 Å². The highest BCUT2D eigenvalue weighted by Crippen LogP contribution is 2.20. The molecule has 102 valence electrons. The Kier molecular flexibility index (Phi) is 4.51. The molecule has 0 bridgehead atoms. The maximum absolute atomic E-state index is 11.2. The van der Waals surface area contributed by atoms with Gasteiger partial charge in [0.15, 0.2) is 10.9 Å². The number of aryl methyl sites for hydroxylation is 2. The van der Waals surface area contributed by atoms with Crippen molar-refractivity contribution in [2.45, 2.75) is 19.8 Å². The fraction of sp³-hybridized carbons (Fsp3) is 0.417. The van der Waals surface area contributed by atoms with Crippen molar-refractivity contribution in [3.63, 3.8) is 0 Å². The molecule has 0 unspecified atom stereocenters. The lowest BCUT2D eigenvalue weighted by atomic mass is 10.2. The zero-order chi connectivity index (χ0) is 13.7. The summed E-state index contributed by atoms with van der Waals surface area (Å²) in [5, 5.41) is 10.0. The smallest absolute Gasteiger partial charge is 0.306 e. The molecular weight excluding hydrogens is 264 g/mol. The van der Waals surface area contributed by atoms with Crippen LogP contribution in [0.4, 0.5) is 10.9 Å². The topological polar surface area (TPSA) is 69.0 Å². The van der Waals surface area contributed by atoms with Crippen LogP contribution >= 0.6 is 11.3 Å². The maximum atomic E-state index is 11.2. The van der Waals surface area contributed by atoms with Crippen LogP contribution in [-0.4, -0.2) is 27.3 Å². The predicted octanol–water partition coefficient (Wildman–Crippen LogP) is 2.12. The summed E-state index contributed by atoms with van der Waals surface area (Å²) in [4.78, 5) is 15.6. The Morgan fingerprint density at radius 3 is 3.11 bits per heavy atom. The first-order valence-electron chi connectivity index (χ1n) is 6.04. The van der Waals surface area contributed by atoms with Crippen molar-refractivity contribution >= 4 is 28.3 Å². The summed E-state index contributed by atoms with van der Waals surface area (Å²) in [5.41, 5.74) is 0.886. The highest BCUT2D eigenvalue weighted by atomic mass is 32.1. The number of nitrogens with one attached hydrogen (secondary N) is 1. The molecule has 0 atom stereocenters. The van der Waals surface area contributed by atoms with Crippen molar-refractivity contribution in [3.05, 3.63) is 23.3 Å². The van der Waals surface area contributed by atoms with Crippen LogP contribution < -0.4 is 5.32 Å². The third-order valence-corrected chi connectivity index (χ3v) is 3.20. The van der Waals surface area contributed by atoms with E-state index in [1.54, 1.807) is 11.6 Å². The van der Waals surface area contributed by atoms with Gasteiger partial charge >= 0.3 is 5.97 Å². The highest BCUT2D eigenvalue weighted by molar-refractivity contribution is 7.13. The van der Waals surface area contributed by atoms with E-state index in [0.29, 0.717) is 19.4 Å². The molecular formula is C12H16N4O2S. The van der Waals surface area contributed by atoms with E-state index in [1.165, 1.54) is 11.3 Å². The first-order valence-corrected chi connectivity index (χ1v) is 6.92. The SMILES string of the molecule is CCOC(=O)CCc1csc(Nc2ccn(C)n2)n1. The summed E-state index contributed by atoms with van der Waals surface area (Å²) in [5.74, 6) is 0.573. The second-order valence-electron chi connectivity index (χ2n) is 3.95. The number of rotatable bonds is 6. The van der Waals surface area contributed by atoms with E-state index in [-0.39, 0.29) is 5.97 Å². The molecule has 0 fully saturated rings. The number of carbonyl (C=O) groups excluding carboxylic acids is 1. The van der Waals surface area contributed by atoms with Gasteiger partial charge < -0.3 is 10.1 Å². The van der Waals surface area contributed by atoms with Crippen LogP contribution in [0.1, 0.15) is 19.0 Å². The van der Waals surface area contributed by atoms with Crippen LogP contribution in [0.25, 0.3) is 0 Å². The van der Waals surface area contributed by atoms with Crippen molar-refractivity contribution < 1.29 is 9.53 Å². The monoisotopic (exact) mass is 280 g/mol. The van der Waals surface area contributed by atoms with Gasteiger partial charge in [0.1, 0.15) is 0 Å². The quantitative estimate of drug-likeness (QED) is 0.821. The first kappa shape index (κ1) is 13.5. The van der Waals surface area contributed by atoms with Gasteiger partial charge in [0.2, 0.25) is 0 Å². The van der Waals surface area contributed by atoms with Crippen molar-refractivity contribution in [1.29, 1.82) is 0 Å². The van der Waals surface area contributed by atoms with Crippen LogP contribution in [0, 0.1) is 0 Å². The number of esters is 1. The lowest BCUT2D eigenvalue weighted by Gasteiger charge is -1.99. The van der Waals surface area contributed by atoms with Gasteiger partial charge in [0.25, 0.3) is 0 Å².